The van der Waals surface area contributed by atoms with E-state index in [-0.39, 0.29) is 0 Å². The number of hydrogen-bond donors (Lipinski definition) is 0. The van der Waals surface area contributed by atoms with Gasteiger partial charge in [0.15, 0.2) is 5.82 Å². The van der Waals surface area contributed by atoms with Crippen LogP contribution in [0, 0.1) is 0 Å². The molecule has 0 amide bonds. The van der Waals surface area contributed by atoms with Crippen LogP contribution in [0.2, 0.25) is 0 Å². The number of rotatable bonds is 4. The zero-order valence-electron chi connectivity index (χ0n) is 11.4. The highest BCUT2D eigenvalue weighted by atomic mass is 16.5. The largest absolute Gasteiger partial charge is 0.339 e. The fourth-order valence-electron chi connectivity index (χ4n) is 2.75. The van der Waals surface area contributed by atoms with Gasteiger partial charge in [0, 0.05) is 25.6 Å². The second kappa shape index (κ2) is 5.55. The van der Waals surface area contributed by atoms with Gasteiger partial charge in [0.2, 0.25) is 5.89 Å². The molecule has 0 aliphatic heterocycles. The van der Waals surface area contributed by atoms with Gasteiger partial charge in [-0.1, -0.05) is 24.4 Å². The van der Waals surface area contributed by atoms with Crippen molar-refractivity contribution in [3.05, 3.63) is 29.7 Å². The molecule has 0 atom stereocenters. The van der Waals surface area contributed by atoms with E-state index in [0.29, 0.717) is 5.92 Å². The first kappa shape index (κ1) is 12.4. The molecule has 1 saturated carbocycles. The predicted octanol–water partition coefficient (Wildman–Crippen LogP) is 2.64. The molecule has 0 radical (unpaired) electrons. The molecule has 0 saturated heterocycles. The van der Waals surface area contributed by atoms with Gasteiger partial charge in [-0.25, -0.2) is 0 Å². The normalized spacial score (nSPS) is 16.9. The van der Waals surface area contributed by atoms with E-state index < -0.39 is 0 Å². The second-order valence-corrected chi connectivity index (χ2v) is 5.40. The highest BCUT2D eigenvalue weighted by Gasteiger charge is 2.20. The fourth-order valence-corrected chi connectivity index (χ4v) is 2.75. The lowest BCUT2D eigenvalue weighted by Crippen LogP contribution is -2.06. The zero-order valence-corrected chi connectivity index (χ0v) is 11.4. The molecule has 2 aromatic heterocycles. The number of nitrogens with zero attached hydrogens (tertiary/aromatic N) is 4. The molecule has 1 aliphatic rings. The highest BCUT2D eigenvalue weighted by Crippen LogP contribution is 2.30. The summed E-state index contributed by atoms with van der Waals surface area (Å²) in [7, 11) is 1.93. The van der Waals surface area contributed by atoms with Crippen LogP contribution in [-0.4, -0.2) is 19.9 Å². The van der Waals surface area contributed by atoms with Gasteiger partial charge in [-0.15, -0.1) is 0 Å². The maximum absolute atomic E-state index is 5.36. The number of aromatic nitrogens is 4. The van der Waals surface area contributed by atoms with Crippen LogP contribution >= 0.6 is 0 Å². The highest BCUT2D eigenvalue weighted by molar-refractivity contribution is 5.05. The molecular formula is C14H20N4O. The number of hydrogen-bond acceptors (Lipinski definition) is 4. The Morgan fingerprint density at radius 3 is 2.84 bits per heavy atom. The van der Waals surface area contributed by atoms with Crippen molar-refractivity contribution in [3.63, 3.8) is 0 Å². The van der Waals surface area contributed by atoms with Crippen LogP contribution in [0.5, 0.6) is 0 Å². The maximum Gasteiger partial charge on any atom is 0.226 e. The van der Waals surface area contributed by atoms with E-state index >= 15 is 0 Å². The minimum atomic E-state index is 0.518. The smallest absolute Gasteiger partial charge is 0.226 e. The molecule has 19 heavy (non-hydrogen) atoms. The Bertz CT molecular complexity index is 525. The molecule has 102 valence electrons. The summed E-state index contributed by atoms with van der Waals surface area (Å²) in [5.41, 5.74) is 1.21. The van der Waals surface area contributed by atoms with E-state index in [1.807, 2.05) is 24.1 Å². The monoisotopic (exact) mass is 260 g/mol. The number of aryl methyl sites for hydroxylation is 3. The van der Waals surface area contributed by atoms with Crippen molar-refractivity contribution in [1.29, 1.82) is 0 Å². The van der Waals surface area contributed by atoms with Gasteiger partial charge < -0.3 is 4.52 Å². The molecule has 5 heteroatoms. The predicted molar refractivity (Wildman–Crippen MR) is 70.7 cm³/mol. The molecule has 0 spiro atoms. The maximum atomic E-state index is 5.36. The SMILES string of the molecule is Cn1cc(CCc2nc(C3CCCCC3)no2)cn1. The van der Waals surface area contributed by atoms with Gasteiger partial charge in [-0.3, -0.25) is 4.68 Å². The fraction of sp³-hybridized carbons (Fsp3) is 0.643. The van der Waals surface area contributed by atoms with Crippen LogP contribution in [0.25, 0.3) is 0 Å². The average Bonchev–Trinajstić information content (AvgIpc) is 3.06. The summed E-state index contributed by atoms with van der Waals surface area (Å²) < 4.78 is 7.17. The molecule has 2 heterocycles. The molecule has 2 aromatic rings. The van der Waals surface area contributed by atoms with E-state index in [1.165, 1.54) is 37.7 Å². The molecule has 3 rings (SSSR count). The minimum absolute atomic E-state index is 0.518. The van der Waals surface area contributed by atoms with Crippen LogP contribution in [-0.2, 0) is 19.9 Å². The van der Waals surface area contributed by atoms with Crippen molar-refractivity contribution in [2.45, 2.75) is 50.9 Å². The second-order valence-electron chi connectivity index (χ2n) is 5.40. The Labute approximate surface area is 113 Å². The first-order chi connectivity index (χ1) is 9.31. The molecule has 1 aliphatic carbocycles. The lowest BCUT2D eigenvalue weighted by molar-refractivity contribution is 0.358. The Morgan fingerprint density at radius 2 is 2.11 bits per heavy atom. The molecule has 0 N–H and O–H groups in total. The Hall–Kier alpha value is -1.65. The lowest BCUT2D eigenvalue weighted by atomic mass is 9.89. The Morgan fingerprint density at radius 1 is 1.26 bits per heavy atom. The first-order valence-corrected chi connectivity index (χ1v) is 7.11. The minimum Gasteiger partial charge on any atom is -0.339 e. The summed E-state index contributed by atoms with van der Waals surface area (Å²) in [6.07, 6.45) is 12.0. The van der Waals surface area contributed by atoms with Gasteiger partial charge in [-0.05, 0) is 24.8 Å². The topological polar surface area (TPSA) is 56.7 Å². The van der Waals surface area contributed by atoms with Gasteiger partial charge in [-0.2, -0.15) is 10.1 Å². The van der Waals surface area contributed by atoms with E-state index in [2.05, 4.69) is 15.2 Å². The van der Waals surface area contributed by atoms with E-state index in [1.54, 1.807) is 0 Å². The molecule has 5 nitrogen and oxygen atoms in total. The van der Waals surface area contributed by atoms with Gasteiger partial charge in [0.05, 0.1) is 6.20 Å². The summed E-state index contributed by atoms with van der Waals surface area (Å²) in [5.74, 6) is 2.19. The van der Waals surface area contributed by atoms with Crippen molar-refractivity contribution in [2.75, 3.05) is 0 Å². The third-order valence-corrected chi connectivity index (χ3v) is 3.84. The van der Waals surface area contributed by atoms with Gasteiger partial charge in [0.1, 0.15) is 0 Å². The van der Waals surface area contributed by atoms with Crippen LogP contribution in [0.1, 0.15) is 55.3 Å². The zero-order chi connectivity index (χ0) is 13.1. The standard InChI is InChI=1S/C14H20N4O/c1-18-10-11(9-15-18)7-8-13-16-14(17-19-13)12-5-3-2-4-6-12/h9-10,12H,2-8H2,1H3. The Kier molecular flexibility index (Phi) is 3.62. The van der Waals surface area contributed by atoms with Crippen molar-refractivity contribution in [1.82, 2.24) is 19.9 Å². The van der Waals surface area contributed by atoms with Crippen LogP contribution in [0.15, 0.2) is 16.9 Å². The van der Waals surface area contributed by atoms with Crippen molar-refractivity contribution >= 4 is 0 Å². The van der Waals surface area contributed by atoms with Crippen LogP contribution in [0.4, 0.5) is 0 Å². The van der Waals surface area contributed by atoms with E-state index in [0.717, 1.165) is 24.6 Å². The summed E-state index contributed by atoms with van der Waals surface area (Å²) in [6.45, 7) is 0. The summed E-state index contributed by atoms with van der Waals surface area (Å²) in [4.78, 5) is 4.55. The van der Waals surface area contributed by atoms with Crippen molar-refractivity contribution in [3.8, 4) is 0 Å². The summed E-state index contributed by atoms with van der Waals surface area (Å²) >= 11 is 0. The van der Waals surface area contributed by atoms with E-state index in [9.17, 15) is 0 Å². The third kappa shape index (κ3) is 3.03. The molecular weight excluding hydrogens is 240 g/mol. The van der Waals surface area contributed by atoms with Gasteiger partial charge >= 0.3 is 0 Å². The molecule has 0 bridgehead atoms. The lowest BCUT2D eigenvalue weighted by Gasteiger charge is -2.17. The van der Waals surface area contributed by atoms with Crippen LogP contribution < -0.4 is 0 Å². The molecule has 0 unspecified atom stereocenters. The van der Waals surface area contributed by atoms with Crippen molar-refractivity contribution < 1.29 is 4.52 Å². The summed E-state index contributed by atoms with van der Waals surface area (Å²) in [6, 6.07) is 0. The van der Waals surface area contributed by atoms with Gasteiger partial charge in [0.25, 0.3) is 0 Å². The molecule has 1 fully saturated rings. The Balaban J connectivity index is 1.58. The summed E-state index contributed by atoms with van der Waals surface area (Å²) in [5, 5.41) is 8.31. The first-order valence-electron chi connectivity index (χ1n) is 7.11. The van der Waals surface area contributed by atoms with Crippen molar-refractivity contribution in [2.24, 2.45) is 7.05 Å². The third-order valence-electron chi connectivity index (χ3n) is 3.84. The average molecular weight is 260 g/mol. The molecule has 0 aromatic carbocycles. The van der Waals surface area contributed by atoms with E-state index in [4.69, 9.17) is 4.52 Å². The quantitative estimate of drug-likeness (QED) is 0.848. The van der Waals surface area contributed by atoms with Crippen LogP contribution in [0.3, 0.4) is 0 Å².